The highest BCUT2D eigenvalue weighted by Gasteiger charge is 2.53. The van der Waals surface area contributed by atoms with Gasteiger partial charge in [-0.05, 0) is 24.3 Å². The standard InChI is InChI=1S/C16H15N3O3/c20-16(14-11-15(14)19(21)22)17-18(12-7-3-1-4-8-12)13-9-5-2-6-10-13/h1-10,14-15H,11H2,(H,17,20)/t14-,15+/m1/s1. The van der Waals surface area contributed by atoms with Crippen LogP contribution in [0.2, 0.25) is 0 Å². The second-order valence-corrected chi connectivity index (χ2v) is 5.18. The first-order valence-electron chi connectivity index (χ1n) is 7.01. The largest absolute Gasteiger partial charge is 0.273 e. The number of amides is 1. The SMILES string of the molecule is O=C(NN(c1ccccc1)c1ccccc1)[C@@H]1C[C@@H]1[N+](=O)[O-]. The van der Waals surface area contributed by atoms with Gasteiger partial charge in [-0.25, -0.2) is 0 Å². The van der Waals surface area contributed by atoms with E-state index < -0.39 is 12.0 Å². The molecule has 1 N–H and O–H groups in total. The first-order chi connectivity index (χ1) is 10.7. The van der Waals surface area contributed by atoms with Gasteiger partial charge in [0.1, 0.15) is 5.92 Å². The van der Waals surface area contributed by atoms with E-state index in [0.717, 1.165) is 11.4 Å². The van der Waals surface area contributed by atoms with Gasteiger partial charge in [0, 0.05) is 11.3 Å². The minimum atomic E-state index is -0.756. The van der Waals surface area contributed by atoms with Crippen LogP contribution >= 0.6 is 0 Å². The minimum absolute atomic E-state index is 0.302. The Balaban J connectivity index is 1.81. The lowest BCUT2D eigenvalue weighted by Crippen LogP contribution is -2.40. The van der Waals surface area contributed by atoms with E-state index in [-0.39, 0.29) is 10.8 Å². The number of rotatable bonds is 5. The summed E-state index contributed by atoms with van der Waals surface area (Å²) in [5, 5.41) is 12.4. The zero-order valence-electron chi connectivity index (χ0n) is 11.8. The van der Waals surface area contributed by atoms with E-state index in [1.807, 2.05) is 60.7 Å². The highest BCUT2D eigenvalue weighted by Crippen LogP contribution is 2.34. The van der Waals surface area contributed by atoms with E-state index in [9.17, 15) is 14.9 Å². The number of anilines is 2. The topological polar surface area (TPSA) is 75.5 Å². The fourth-order valence-corrected chi connectivity index (χ4v) is 2.32. The van der Waals surface area contributed by atoms with Gasteiger partial charge in [-0.2, -0.15) is 0 Å². The Bertz CT molecular complexity index is 636. The molecule has 6 nitrogen and oxygen atoms in total. The van der Waals surface area contributed by atoms with Crippen LogP contribution in [0, 0.1) is 16.0 Å². The zero-order valence-corrected chi connectivity index (χ0v) is 11.8. The van der Waals surface area contributed by atoms with Crippen LogP contribution in [0.1, 0.15) is 6.42 Å². The highest BCUT2D eigenvalue weighted by atomic mass is 16.6. The van der Waals surface area contributed by atoms with Gasteiger partial charge in [-0.15, -0.1) is 0 Å². The van der Waals surface area contributed by atoms with Gasteiger partial charge in [0.05, 0.1) is 11.4 Å². The summed E-state index contributed by atoms with van der Waals surface area (Å²) in [6, 6.07) is 18.0. The fourth-order valence-electron chi connectivity index (χ4n) is 2.32. The molecule has 6 heteroatoms. The molecule has 0 spiro atoms. The number of carbonyl (C=O) groups is 1. The lowest BCUT2D eigenvalue weighted by Gasteiger charge is -2.25. The first-order valence-corrected chi connectivity index (χ1v) is 7.01. The monoisotopic (exact) mass is 297 g/mol. The third-order valence-corrected chi connectivity index (χ3v) is 3.62. The summed E-state index contributed by atoms with van der Waals surface area (Å²) < 4.78 is 0. The molecule has 3 rings (SSSR count). The molecule has 0 radical (unpaired) electrons. The molecule has 1 saturated carbocycles. The van der Waals surface area contributed by atoms with Gasteiger partial charge < -0.3 is 0 Å². The Hall–Kier alpha value is -2.89. The maximum Gasteiger partial charge on any atom is 0.249 e. The van der Waals surface area contributed by atoms with E-state index in [1.54, 1.807) is 5.01 Å². The third-order valence-electron chi connectivity index (χ3n) is 3.62. The van der Waals surface area contributed by atoms with Gasteiger partial charge >= 0.3 is 0 Å². The predicted octanol–water partition coefficient (Wildman–Crippen LogP) is 2.52. The van der Waals surface area contributed by atoms with Crippen LogP contribution in [0.4, 0.5) is 11.4 Å². The number of carbonyl (C=O) groups excluding carboxylic acids is 1. The van der Waals surface area contributed by atoms with E-state index >= 15 is 0 Å². The number of para-hydroxylation sites is 2. The highest BCUT2D eigenvalue weighted by molar-refractivity contribution is 5.85. The Kier molecular flexibility index (Phi) is 3.74. The fraction of sp³-hybridized carbons (Fsp3) is 0.188. The quantitative estimate of drug-likeness (QED) is 0.679. The third kappa shape index (κ3) is 2.90. The molecule has 0 bridgehead atoms. The maximum absolute atomic E-state index is 12.2. The molecule has 0 aromatic heterocycles. The van der Waals surface area contributed by atoms with E-state index in [2.05, 4.69) is 5.43 Å². The maximum atomic E-state index is 12.2. The molecule has 1 fully saturated rings. The number of hydrogen-bond donors (Lipinski definition) is 1. The molecule has 0 saturated heterocycles. The van der Waals surface area contributed by atoms with Crippen molar-refractivity contribution < 1.29 is 9.72 Å². The molecule has 112 valence electrons. The van der Waals surface area contributed by atoms with Crippen LogP contribution in [-0.2, 0) is 4.79 Å². The molecule has 1 amide bonds. The molecular formula is C16H15N3O3. The average molecular weight is 297 g/mol. The van der Waals surface area contributed by atoms with Crippen LogP contribution in [0.5, 0.6) is 0 Å². The number of nitrogens with zero attached hydrogens (tertiary/aromatic N) is 2. The van der Waals surface area contributed by atoms with Crippen molar-refractivity contribution in [3.8, 4) is 0 Å². The molecule has 2 aromatic carbocycles. The van der Waals surface area contributed by atoms with Crippen LogP contribution in [0.25, 0.3) is 0 Å². The molecule has 0 unspecified atom stereocenters. The van der Waals surface area contributed by atoms with Crippen LogP contribution in [0.3, 0.4) is 0 Å². The Morgan fingerprint density at radius 3 is 1.95 bits per heavy atom. The summed E-state index contributed by atoms with van der Waals surface area (Å²) in [6.45, 7) is 0. The minimum Gasteiger partial charge on any atom is -0.273 e. The summed E-state index contributed by atoms with van der Waals surface area (Å²) in [5.41, 5.74) is 4.37. The van der Waals surface area contributed by atoms with Crippen molar-refractivity contribution in [3.05, 3.63) is 70.8 Å². The van der Waals surface area contributed by atoms with Crippen molar-refractivity contribution in [1.82, 2.24) is 5.43 Å². The van der Waals surface area contributed by atoms with Crippen molar-refractivity contribution in [2.75, 3.05) is 5.01 Å². The summed E-state index contributed by atoms with van der Waals surface area (Å²) in [5.74, 6) is -0.876. The summed E-state index contributed by atoms with van der Waals surface area (Å²) in [6.07, 6.45) is 0.302. The number of nitrogens with one attached hydrogen (secondary N) is 1. The van der Waals surface area contributed by atoms with Gasteiger partial charge in [-0.3, -0.25) is 25.3 Å². The second-order valence-electron chi connectivity index (χ2n) is 5.18. The van der Waals surface area contributed by atoms with Crippen LogP contribution in [0.15, 0.2) is 60.7 Å². The molecule has 1 aliphatic carbocycles. The predicted molar refractivity (Wildman–Crippen MR) is 82.1 cm³/mol. The normalized spacial score (nSPS) is 19.3. The number of benzene rings is 2. The molecule has 0 aliphatic heterocycles. The van der Waals surface area contributed by atoms with Crippen molar-refractivity contribution in [1.29, 1.82) is 0 Å². The van der Waals surface area contributed by atoms with E-state index in [1.165, 1.54) is 0 Å². The Labute approximate surface area is 127 Å². The van der Waals surface area contributed by atoms with Gasteiger partial charge in [0.25, 0.3) is 0 Å². The number of nitro groups is 1. The molecular weight excluding hydrogens is 282 g/mol. The number of hydrogen-bond acceptors (Lipinski definition) is 4. The lowest BCUT2D eigenvalue weighted by atomic mass is 10.2. The van der Waals surface area contributed by atoms with Crippen molar-refractivity contribution >= 4 is 17.3 Å². The Morgan fingerprint density at radius 2 is 1.55 bits per heavy atom. The van der Waals surface area contributed by atoms with Crippen LogP contribution < -0.4 is 10.4 Å². The lowest BCUT2D eigenvalue weighted by molar-refractivity contribution is -0.497. The average Bonchev–Trinajstić information content (AvgIpc) is 3.35. The first kappa shape index (κ1) is 14.1. The second kappa shape index (κ2) is 5.85. The van der Waals surface area contributed by atoms with Crippen molar-refractivity contribution in [2.24, 2.45) is 5.92 Å². The molecule has 0 heterocycles. The molecule has 2 aromatic rings. The van der Waals surface area contributed by atoms with Gasteiger partial charge in [-0.1, -0.05) is 36.4 Å². The smallest absolute Gasteiger partial charge is 0.249 e. The summed E-state index contributed by atoms with van der Waals surface area (Å²) >= 11 is 0. The van der Waals surface area contributed by atoms with Crippen LogP contribution in [-0.4, -0.2) is 16.9 Å². The molecule has 22 heavy (non-hydrogen) atoms. The van der Waals surface area contributed by atoms with Crippen molar-refractivity contribution in [2.45, 2.75) is 12.5 Å². The van der Waals surface area contributed by atoms with Crippen molar-refractivity contribution in [3.63, 3.8) is 0 Å². The van der Waals surface area contributed by atoms with E-state index in [0.29, 0.717) is 6.42 Å². The molecule has 1 aliphatic rings. The van der Waals surface area contributed by atoms with Gasteiger partial charge in [0.15, 0.2) is 0 Å². The summed E-state index contributed by atoms with van der Waals surface area (Å²) in [7, 11) is 0. The molecule has 2 atom stereocenters. The Morgan fingerprint density at radius 1 is 1.05 bits per heavy atom. The zero-order chi connectivity index (χ0) is 15.5. The van der Waals surface area contributed by atoms with E-state index in [4.69, 9.17) is 0 Å². The van der Waals surface area contributed by atoms with Gasteiger partial charge in [0.2, 0.25) is 11.9 Å². The summed E-state index contributed by atoms with van der Waals surface area (Å²) in [4.78, 5) is 22.5. The number of hydrazine groups is 1.